The van der Waals surface area contributed by atoms with E-state index in [9.17, 15) is 19.8 Å². The van der Waals surface area contributed by atoms with Crippen molar-refractivity contribution in [3.8, 4) is 23.0 Å². The maximum Gasteiger partial charge on any atom is 0.180 e. The van der Waals surface area contributed by atoms with Gasteiger partial charge in [0.2, 0.25) is 0 Å². The highest BCUT2D eigenvalue weighted by Crippen LogP contribution is 2.39. The van der Waals surface area contributed by atoms with Crippen LogP contribution in [0.2, 0.25) is 0 Å². The van der Waals surface area contributed by atoms with Crippen LogP contribution in [-0.4, -0.2) is 21.8 Å². The quantitative estimate of drug-likeness (QED) is 0.842. The van der Waals surface area contributed by atoms with Crippen LogP contribution in [0.1, 0.15) is 34.6 Å². The molecule has 0 aliphatic rings. The third kappa shape index (κ3) is 2.86. The van der Waals surface area contributed by atoms with Gasteiger partial charge >= 0.3 is 0 Å². The van der Waals surface area contributed by atoms with Crippen molar-refractivity contribution >= 4 is 11.6 Å². The van der Waals surface area contributed by atoms with Crippen LogP contribution < -0.4 is 4.74 Å². The van der Waals surface area contributed by atoms with E-state index >= 15 is 0 Å². The normalized spacial score (nSPS) is 10.2. The molecule has 2 aromatic rings. The lowest BCUT2D eigenvalue weighted by atomic mass is 9.99. The number of aromatic hydroxyl groups is 2. The Kier molecular flexibility index (Phi) is 3.93. The van der Waals surface area contributed by atoms with Crippen molar-refractivity contribution in [2.24, 2.45) is 0 Å². The van der Waals surface area contributed by atoms with Crippen LogP contribution in [-0.2, 0) is 0 Å². The van der Waals surface area contributed by atoms with E-state index in [0.717, 1.165) is 0 Å². The molecule has 0 fully saturated rings. The van der Waals surface area contributed by atoms with Crippen LogP contribution in [0.5, 0.6) is 23.0 Å². The number of ether oxygens (including phenoxy) is 1. The minimum atomic E-state index is -0.415. The molecule has 2 rings (SSSR count). The summed E-state index contributed by atoms with van der Waals surface area (Å²) < 4.78 is 5.45. The van der Waals surface area contributed by atoms with Crippen molar-refractivity contribution in [3.63, 3.8) is 0 Å². The molecule has 0 bridgehead atoms. The second-order valence-electron chi connectivity index (χ2n) is 4.52. The fourth-order valence-corrected chi connectivity index (χ4v) is 1.97. The monoisotopic (exact) mass is 286 g/mol. The highest BCUT2D eigenvalue weighted by molar-refractivity contribution is 6.09. The van der Waals surface area contributed by atoms with E-state index in [2.05, 4.69) is 0 Å². The van der Waals surface area contributed by atoms with E-state index in [4.69, 9.17) is 4.74 Å². The zero-order valence-electron chi connectivity index (χ0n) is 11.6. The van der Waals surface area contributed by atoms with Gasteiger partial charge in [0, 0.05) is 5.56 Å². The number of Topliss-reactive ketones (excluding diaryl/α,β-unsaturated/α-hetero) is 2. The maximum absolute atomic E-state index is 11.8. The molecule has 0 aliphatic carbocycles. The van der Waals surface area contributed by atoms with Crippen LogP contribution in [0.25, 0.3) is 0 Å². The molecule has 108 valence electrons. The fourth-order valence-electron chi connectivity index (χ4n) is 1.97. The van der Waals surface area contributed by atoms with Crippen molar-refractivity contribution < 1.29 is 24.5 Å². The SMILES string of the molecule is CC(=O)c1ccc(O)c(Oc2ccccc2O)c1C(C)=O. The average Bonchev–Trinajstić information content (AvgIpc) is 2.42. The number of hydrogen-bond donors (Lipinski definition) is 2. The van der Waals surface area contributed by atoms with Crippen molar-refractivity contribution in [1.29, 1.82) is 0 Å². The van der Waals surface area contributed by atoms with Crippen molar-refractivity contribution in [1.82, 2.24) is 0 Å². The van der Waals surface area contributed by atoms with Crippen LogP contribution in [0.4, 0.5) is 0 Å². The van der Waals surface area contributed by atoms with Crippen molar-refractivity contribution in [3.05, 3.63) is 47.5 Å². The van der Waals surface area contributed by atoms with Crippen LogP contribution in [0.3, 0.4) is 0 Å². The van der Waals surface area contributed by atoms with Gasteiger partial charge < -0.3 is 14.9 Å². The lowest BCUT2D eigenvalue weighted by Gasteiger charge is -2.14. The summed E-state index contributed by atoms with van der Waals surface area (Å²) in [6, 6.07) is 8.78. The molecule has 21 heavy (non-hydrogen) atoms. The van der Waals surface area contributed by atoms with E-state index < -0.39 is 5.78 Å². The molecule has 5 heteroatoms. The van der Waals surface area contributed by atoms with Gasteiger partial charge in [-0.2, -0.15) is 0 Å². The smallest absolute Gasteiger partial charge is 0.180 e. The number of carbonyl (C=O) groups is 2. The topological polar surface area (TPSA) is 83.8 Å². The molecule has 5 nitrogen and oxygen atoms in total. The molecule has 0 amide bonds. The Morgan fingerprint density at radius 3 is 2.14 bits per heavy atom. The standard InChI is InChI=1S/C16H14O5/c1-9(17)11-7-8-13(20)16(15(11)10(2)18)21-14-6-4-3-5-12(14)19/h3-8,19-20H,1-2H3. The average molecular weight is 286 g/mol. The van der Waals surface area contributed by atoms with E-state index in [1.165, 1.54) is 38.1 Å². The van der Waals surface area contributed by atoms with Gasteiger partial charge in [0.05, 0.1) is 5.56 Å². The van der Waals surface area contributed by atoms with E-state index in [0.29, 0.717) is 0 Å². The zero-order valence-corrected chi connectivity index (χ0v) is 11.6. The first-order valence-electron chi connectivity index (χ1n) is 6.25. The van der Waals surface area contributed by atoms with Gasteiger partial charge in [-0.1, -0.05) is 12.1 Å². The van der Waals surface area contributed by atoms with Crippen LogP contribution in [0.15, 0.2) is 36.4 Å². The van der Waals surface area contributed by atoms with Gasteiger partial charge in [-0.3, -0.25) is 9.59 Å². The van der Waals surface area contributed by atoms with Crippen LogP contribution >= 0.6 is 0 Å². The summed E-state index contributed by atoms with van der Waals surface area (Å²) in [6.45, 7) is 2.60. The first-order chi connectivity index (χ1) is 9.91. The Morgan fingerprint density at radius 1 is 0.905 bits per heavy atom. The van der Waals surface area contributed by atoms with Gasteiger partial charge in [-0.15, -0.1) is 0 Å². The first kappa shape index (κ1) is 14.6. The summed E-state index contributed by atoms with van der Waals surface area (Å²) in [5.74, 6) is -1.22. The molecule has 0 saturated carbocycles. The summed E-state index contributed by atoms with van der Waals surface area (Å²) in [4.78, 5) is 23.4. The second kappa shape index (κ2) is 5.66. The maximum atomic E-state index is 11.8. The molecular formula is C16H14O5. The molecule has 0 saturated heterocycles. The highest BCUT2D eigenvalue weighted by atomic mass is 16.5. The minimum absolute atomic E-state index is 0.00856. The lowest BCUT2D eigenvalue weighted by Crippen LogP contribution is -2.06. The van der Waals surface area contributed by atoms with Gasteiger partial charge in [0.1, 0.15) is 0 Å². The first-order valence-corrected chi connectivity index (χ1v) is 6.25. The molecular weight excluding hydrogens is 272 g/mol. The molecule has 0 radical (unpaired) electrons. The Bertz CT molecular complexity index is 719. The Morgan fingerprint density at radius 2 is 1.57 bits per heavy atom. The summed E-state index contributed by atoms with van der Waals surface area (Å²) in [5, 5.41) is 19.6. The van der Waals surface area contributed by atoms with Gasteiger partial charge in [-0.05, 0) is 38.1 Å². The minimum Gasteiger partial charge on any atom is -0.504 e. The van der Waals surface area contributed by atoms with Crippen molar-refractivity contribution in [2.75, 3.05) is 0 Å². The number of carbonyl (C=O) groups excluding carboxylic acids is 2. The zero-order chi connectivity index (χ0) is 15.6. The third-order valence-electron chi connectivity index (χ3n) is 2.95. The molecule has 0 heterocycles. The molecule has 2 N–H and O–H groups in total. The Balaban J connectivity index is 2.62. The molecule has 2 aromatic carbocycles. The summed E-state index contributed by atoms with van der Waals surface area (Å²) >= 11 is 0. The molecule has 0 spiro atoms. The number of rotatable bonds is 4. The number of phenols is 2. The Labute approximate surface area is 121 Å². The fraction of sp³-hybridized carbons (Fsp3) is 0.125. The van der Waals surface area contributed by atoms with E-state index in [1.54, 1.807) is 12.1 Å². The van der Waals surface area contributed by atoms with Gasteiger partial charge in [0.25, 0.3) is 0 Å². The molecule has 0 atom stereocenters. The largest absolute Gasteiger partial charge is 0.504 e. The van der Waals surface area contributed by atoms with Crippen LogP contribution in [0, 0.1) is 0 Å². The number of phenolic OH excluding ortho intramolecular Hbond substituents is 2. The third-order valence-corrected chi connectivity index (χ3v) is 2.95. The lowest BCUT2D eigenvalue weighted by molar-refractivity contribution is 0.0978. The summed E-state index contributed by atoms with van der Waals surface area (Å²) in [6.07, 6.45) is 0. The predicted molar refractivity (Wildman–Crippen MR) is 76.3 cm³/mol. The predicted octanol–water partition coefficient (Wildman–Crippen LogP) is 3.30. The van der Waals surface area contributed by atoms with E-state index in [-0.39, 0.29) is 39.9 Å². The number of ketones is 2. The van der Waals surface area contributed by atoms with Gasteiger partial charge in [0.15, 0.2) is 34.6 Å². The molecule has 0 unspecified atom stereocenters. The number of para-hydroxylation sites is 2. The number of hydrogen-bond acceptors (Lipinski definition) is 5. The summed E-state index contributed by atoms with van der Waals surface area (Å²) in [5.41, 5.74) is 0.150. The summed E-state index contributed by atoms with van der Waals surface area (Å²) in [7, 11) is 0. The van der Waals surface area contributed by atoms with E-state index in [1.807, 2.05) is 0 Å². The second-order valence-corrected chi connectivity index (χ2v) is 4.52. The highest BCUT2D eigenvalue weighted by Gasteiger charge is 2.21. The number of benzene rings is 2. The van der Waals surface area contributed by atoms with Crippen molar-refractivity contribution in [2.45, 2.75) is 13.8 Å². The van der Waals surface area contributed by atoms with Gasteiger partial charge in [-0.25, -0.2) is 0 Å². The molecule has 0 aromatic heterocycles. The Hall–Kier alpha value is -2.82. The molecule has 0 aliphatic heterocycles.